The first-order chi connectivity index (χ1) is 15.8. The number of hydrogen-bond donors (Lipinski definition) is 1. The van der Waals surface area contributed by atoms with Crippen molar-refractivity contribution in [1.29, 1.82) is 0 Å². The molecule has 2 fully saturated rings. The molecule has 0 radical (unpaired) electrons. The molecule has 0 spiro atoms. The van der Waals surface area contributed by atoms with E-state index in [1.165, 1.54) is 22.6 Å². The van der Waals surface area contributed by atoms with Crippen molar-refractivity contribution < 1.29 is 13.2 Å². The summed E-state index contributed by atoms with van der Waals surface area (Å²) in [5.74, 6) is -0.242. The first-order valence-electron chi connectivity index (χ1n) is 10.4. The summed E-state index contributed by atoms with van der Waals surface area (Å²) in [5.41, 5.74) is 0.742. The molecule has 10 heteroatoms. The Balaban J connectivity index is 1.37. The normalized spacial score (nSPS) is 24.3. The second kappa shape index (κ2) is 8.36. The molecular formula is C23H20Cl2N4O3S. The smallest absolute Gasteiger partial charge is 0.260 e. The molecule has 2 aromatic heterocycles. The number of pyridine rings is 2. The van der Waals surface area contributed by atoms with Crippen molar-refractivity contribution in [3.8, 4) is 0 Å². The number of nitrogens with zero attached hydrogens (tertiary/aromatic N) is 3. The molecule has 7 nitrogen and oxygen atoms in total. The zero-order valence-electron chi connectivity index (χ0n) is 17.4. The Morgan fingerprint density at radius 3 is 2.33 bits per heavy atom. The summed E-state index contributed by atoms with van der Waals surface area (Å²) in [6, 6.07) is 15.2. The van der Waals surface area contributed by atoms with Gasteiger partial charge in [-0.3, -0.25) is 9.78 Å². The van der Waals surface area contributed by atoms with Crippen molar-refractivity contribution >= 4 is 39.1 Å². The predicted molar refractivity (Wildman–Crippen MR) is 125 cm³/mol. The number of halogens is 2. The maximum atomic E-state index is 13.0. The predicted octanol–water partition coefficient (Wildman–Crippen LogP) is 3.40. The lowest BCUT2D eigenvalue weighted by Crippen LogP contribution is -2.41. The third-order valence-corrected chi connectivity index (χ3v) is 8.90. The van der Waals surface area contributed by atoms with Gasteiger partial charge in [0.1, 0.15) is 0 Å². The Morgan fingerprint density at radius 2 is 1.73 bits per heavy atom. The van der Waals surface area contributed by atoms with E-state index in [0.29, 0.717) is 30.2 Å². The fraction of sp³-hybridized carbons (Fsp3) is 0.261. The molecule has 33 heavy (non-hydrogen) atoms. The van der Waals surface area contributed by atoms with Crippen LogP contribution >= 0.6 is 23.2 Å². The average Bonchev–Trinajstić information content (AvgIpc) is 3.17. The van der Waals surface area contributed by atoms with Crippen molar-refractivity contribution in [2.45, 2.75) is 10.4 Å². The number of nitrogens with one attached hydrogen (secondary N) is 1. The standard InChI is InChI=1S/C23H20Cl2N4O3S/c24-15-7-8-16(19(25)11-15)22(30)28-14-23(20-5-1-3-9-26-20)17-12-29(13-18(17)23)33(31,32)21-6-2-4-10-27-21/h1-11,17-18H,12-14H2,(H,28,30). The highest BCUT2D eigenvalue weighted by molar-refractivity contribution is 7.89. The van der Waals surface area contributed by atoms with E-state index in [0.717, 1.165) is 5.69 Å². The summed E-state index contributed by atoms with van der Waals surface area (Å²) >= 11 is 12.1. The van der Waals surface area contributed by atoms with Crippen LogP contribution in [-0.2, 0) is 15.4 Å². The molecular weight excluding hydrogens is 483 g/mol. The van der Waals surface area contributed by atoms with E-state index in [1.807, 2.05) is 18.2 Å². The molecule has 3 heterocycles. The molecule has 1 saturated heterocycles. The second-order valence-electron chi connectivity index (χ2n) is 8.27. The molecule has 1 aliphatic heterocycles. The maximum Gasteiger partial charge on any atom is 0.260 e. The summed E-state index contributed by atoms with van der Waals surface area (Å²) in [7, 11) is -3.67. The van der Waals surface area contributed by atoms with E-state index in [2.05, 4.69) is 15.3 Å². The van der Waals surface area contributed by atoms with Crippen LogP contribution in [-0.4, -0.2) is 48.2 Å². The molecule has 1 aromatic carbocycles. The number of benzene rings is 1. The molecule has 2 aliphatic rings. The molecule has 5 rings (SSSR count). The highest BCUT2D eigenvalue weighted by Crippen LogP contribution is 2.63. The van der Waals surface area contributed by atoms with Crippen molar-refractivity contribution in [3.63, 3.8) is 0 Å². The zero-order chi connectivity index (χ0) is 23.2. The fourth-order valence-electron chi connectivity index (χ4n) is 4.89. The van der Waals surface area contributed by atoms with Crippen LogP contribution in [0.4, 0.5) is 0 Å². The lowest BCUT2D eigenvalue weighted by Gasteiger charge is -2.26. The third kappa shape index (κ3) is 3.81. The number of amides is 1. The lowest BCUT2D eigenvalue weighted by molar-refractivity contribution is 0.0947. The number of aromatic nitrogens is 2. The number of piperidine rings is 1. The first-order valence-corrected chi connectivity index (χ1v) is 12.6. The van der Waals surface area contributed by atoms with Crippen LogP contribution in [0.5, 0.6) is 0 Å². The molecule has 3 aromatic rings. The number of carbonyl (C=O) groups excluding carboxylic acids is 1. The highest BCUT2D eigenvalue weighted by Gasteiger charge is 2.70. The Kier molecular flexibility index (Phi) is 5.64. The number of hydrogen-bond acceptors (Lipinski definition) is 5. The lowest BCUT2D eigenvalue weighted by atomic mass is 9.94. The first kappa shape index (κ1) is 22.3. The van der Waals surface area contributed by atoms with E-state index in [1.54, 1.807) is 30.5 Å². The third-order valence-electron chi connectivity index (χ3n) is 6.60. The minimum Gasteiger partial charge on any atom is -0.351 e. The largest absolute Gasteiger partial charge is 0.351 e. The molecule has 1 N–H and O–H groups in total. The van der Waals surface area contributed by atoms with E-state index >= 15 is 0 Å². The number of fused-ring (bicyclic) bond motifs is 1. The van der Waals surface area contributed by atoms with Crippen molar-refractivity contribution in [2.75, 3.05) is 19.6 Å². The molecule has 1 amide bonds. The van der Waals surface area contributed by atoms with Crippen LogP contribution < -0.4 is 5.32 Å². The Bertz CT molecular complexity index is 1290. The van der Waals surface area contributed by atoms with Gasteiger partial charge in [-0.1, -0.05) is 35.3 Å². The van der Waals surface area contributed by atoms with Gasteiger partial charge in [-0.25, -0.2) is 13.4 Å². The van der Waals surface area contributed by atoms with Gasteiger partial charge in [-0.2, -0.15) is 4.31 Å². The van der Waals surface area contributed by atoms with Crippen LogP contribution in [0.3, 0.4) is 0 Å². The Morgan fingerprint density at radius 1 is 1.03 bits per heavy atom. The molecule has 1 saturated carbocycles. The van der Waals surface area contributed by atoms with Gasteiger partial charge in [0.25, 0.3) is 15.9 Å². The molecule has 0 bridgehead atoms. The van der Waals surface area contributed by atoms with Gasteiger partial charge in [0.2, 0.25) is 0 Å². The quantitative estimate of drug-likeness (QED) is 0.557. The minimum absolute atomic E-state index is 0.0341. The van der Waals surface area contributed by atoms with Crippen LogP contribution in [0.25, 0.3) is 0 Å². The number of sulfonamides is 1. The Labute approximate surface area is 201 Å². The average molecular weight is 503 g/mol. The monoisotopic (exact) mass is 502 g/mol. The fourth-order valence-corrected chi connectivity index (χ4v) is 6.81. The molecule has 170 valence electrons. The van der Waals surface area contributed by atoms with E-state index in [4.69, 9.17) is 23.2 Å². The van der Waals surface area contributed by atoms with Crippen LogP contribution in [0.1, 0.15) is 16.1 Å². The van der Waals surface area contributed by atoms with Crippen LogP contribution in [0, 0.1) is 11.8 Å². The molecule has 1 aliphatic carbocycles. The topological polar surface area (TPSA) is 92.3 Å². The minimum atomic E-state index is -3.67. The SMILES string of the molecule is O=C(NCC1(c2ccccn2)C2CN(S(=O)(=O)c3ccccn3)CC21)c1ccc(Cl)cc1Cl. The number of rotatable bonds is 6. The van der Waals surface area contributed by atoms with Gasteiger partial charge in [0.15, 0.2) is 5.03 Å². The van der Waals surface area contributed by atoms with Gasteiger partial charge in [-0.15, -0.1) is 0 Å². The molecule has 2 atom stereocenters. The summed E-state index contributed by atoms with van der Waals surface area (Å²) in [4.78, 5) is 21.4. The summed E-state index contributed by atoms with van der Waals surface area (Å²) < 4.78 is 27.5. The van der Waals surface area contributed by atoms with Gasteiger partial charge in [0, 0.05) is 48.2 Å². The van der Waals surface area contributed by atoms with E-state index in [9.17, 15) is 13.2 Å². The van der Waals surface area contributed by atoms with E-state index < -0.39 is 15.4 Å². The summed E-state index contributed by atoms with van der Waals surface area (Å²) in [6.07, 6.45) is 3.19. The van der Waals surface area contributed by atoms with Gasteiger partial charge < -0.3 is 5.32 Å². The Hall–Kier alpha value is -2.52. The van der Waals surface area contributed by atoms with Crippen molar-refractivity contribution in [3.05, 3.63) is 88.3 Å². The van der Waals surface area contributed by atoms with Crippen LogP contribution in [0.2, 0.25) is 10.0 Å². The van der Waals surface area contributed by atoms with Crippen LogP contribution in [0.15, 0.2) is 72.0 Å². The van der Waals surface area contributed by atoms with Gasteiger partial charge >= 0.3 is 0 Å². The maximum absolute atomic E-state index is 13.0. The van der Waals surface area contributed by atoms with E-state index in [-0.39, 0.29) is 27.8 Å². The van der Waals surface area contributed by atoms with Gasteiger partial charge in [-0.05, 0) is 54.3 Å². The van der Waals surface area contributed by atoms with Gasteiger partial charge in [0.05, 0.1) is 10.6 Å². The highest BCUT2D eigenvalue weighted by atomic mass is 35.5. The molecule has 2 unspecified atom stereocenters. The second-order valence-corrected chi connectivity index (χ2v) is 11.0. The van der Waals surface area contributed by atoms with Crippen molar-refractivity contribution in [2.24, 2.45) is 11.8 Å². The zero-order valence-corrected chi connectivity index (χ0v) is 19.7. The summed E-state index contributed by atoms with van der Waals surface area (Å²) in [6.45, 7) is 1.02. The van der Waals surface area contributed by atoms with Crippen molar-refractivity contribution in [1.82, 2.24) is 19.6 Å². The summed E-state index contributed by atoms with van der Waals surface area (Å²) in [5, 5.41) is 3.75. The number of carbonyl (C=O) groups is 1.